The van der Waals surface area contributed by atoms with Gasteiger partial charge in [-0.1, -0.05) is 29.8 Å². The molecule has 2 heterocycles. The van der Waals surface area contributed by atoms with Gasteiger partial charge in [-0.2, -0.15) is 0 Å². The van der Waals surface area contributed by atoms with Gasteiger partial charge in [-0.15, -0.1) is 0 Å². The molecule has 184 valence electrons. The molecule has 36 heavy (non-hydrogen) atoms. The highest BCUT2D eigenvalue weighted by molar-refractivity contribution is 6.46. The van der Waals surface area contributed by atoms with Crippen LogP contribution in [-0.4, -0.2) is 46.4 Å². The number of benzene rings is 2. The van der Waals surface area contributed by atoms with Crippen LogP contribution in [0.15, 0.2) is 72.4 Å². The first-order chi connectivity index (χ1) is 17.3. The Labute approximate surface area is 212 Å². The summed E-state index contributed by atoms with van der Waals surface area (Å²) in [5.74, 6) is -2.02. The molecule has 0 bridgehead atoms. The van der Waals surface area contributed by atoms with Gasteiger partial charge in [0.25, 0.3) is 11.7 Å². The van der Waals surface area contributed by atoms with E-state index in [2.05, 4.69) is 4.98 Å². The van der Waals surface area contributed by atoms with E-state index in [1.54, 1.807) is 67.7 Å². The zero-order chi connectivity index (χ0) is 25.8. The van der Waals surface area contributed by atoms with E-state index in [0.717, 1.165) is 0 Å². The largest absolute Gasteiger partial charge is 0.507 e. The van der Waals surface area contributed by atoms with Crippen molar-refractivity contribution in [1.82, 2.24) is 9.88 Å². The standard InChI is InChI=1S/C27H23ClN2O6/c1-3-36-27(34)17-9-7-16(8-10-17)15-30-23(20-6-4-5-13-29-20)22(25(32)26(30)33)24(31)18-11-12-21(35-2)19(28)14-18/h4-14,23,31H,3,15H2,1-2H3/b24-22-. The second-order valence-electron chi connectivity index (χ2n) is 7.95. The molecule has 1 fully saturated rings. The van der Waals surface area contributed by atoms with Crippen molar-refractivity contribution in [2.24, 2.45) is 0 Å². The minimum absolute atomic E-state index is 0.0507. The minimum Gasteiger partial charge on any atom is -0.507 e. The first-order valence-corrected chi connectivity index (χ1v) is 11.5. The van der Waals surface area contributed by atoms with Crippen molar-refractivity contribution in [3.8, 4) is 5.75 Å². The van der Waals surface area contributed by atoms with Gasteiger partial charge in [0, 0.05) is 18.3 Å². The molecule has 1 aliphatic rings. The number of ketones is 1. The number of aliphatic hydroxyl groups is 1. The summed E-state index contributed by atoms with van der Waals surface area (Å²) in [4.78, 5) is 44.0. The molecule has 1 amide bonds. The molecule has 0 spiro atoms. The van der Waals surface area contributed by atoms with Gasteiger partial charge < -0.3 is 19.5 Å². The number of methoxy groups -OCH3 is 1. The Morgan fingerprint density at radius 2 is 1.81 bits per heavy atom. The maximum absolute atomic E-state index is 13.2. The van der Waals surface area contributed by atoms with Crippen LogP contribution >= 0.6 is 11.6 Å². The molecule has 1 unspecified atom stereocenters. The van der Waals surface area contributed by atoms with Crippen LogP contribution in [0.5, 0.6) is 5.75 Å². The lowest BCUT2D eigenvalue weighted by Gasteiger charge is -2.24. The van der Waals surface area contributed by atoms with Gasteiger partial charge in [0.1, 0.15) is 17.6 Å². The fourth-order valence-electron chi connectivity index (χ4n) is 4.01. The second-order valence-corrected chi connectivity index (χ2v) is 8.36. The van der Waals surface area contributed by atoms with E-state index >= 15 is 0 Å². The lowest BCUT2D eigenvalue weighted by molar-refractivity contribution is -0.140. The molecule has 1 N–H and O–H groups in total. The summed E-state index contributed by atoms with van der Waals surface area (Å²) in [6.07, 6.45) is 1.55. The first kappa shape index (κ1) is 24.9. The molecule has 3 aromatic rings. The third-order valence-electron chi connectivity index (χ3n) is 5.75. The van der Waals surface area contributed by atoms with Crippen LogP contribution in [0, 0.1) is 0 Å². The van der Waals surface area contributed by atoms with Gasteiger partial charge in [-0.25, -0.2) is 4.79 Å². The van der Waals surface area contributed by atoms with Gasteiger partial charge >= 0.3 is 5.97 Å². The van der Waals surface area contributed by atoms with E-state index in [9.17, 15) is 19.5 Å². The van der Waals surface area contributed by atoms with Crippen molar-refractivity contribution in [2.45, 2.75) is 19.5 Å². The van der Waals surface area contributed by atoms with Crippen LogP contribution in [0.1, 0.15) is 40.1 Å². The molecule has 0 aliphatic carbocycles. The van der Waals surface area contributed by atoms with E-state index in [1.165, 1.54) is 18.1 Å². The molecule has 1 atom stereocenters. The van der Waals surface area contributed by atoms with Crippen LogP contribution in [-0.2, 0) is 20.9 Å². The Bertz CT molecular complexity index is 1340. The quantitative estimate of drug-likeness (QED) is 0.217. The number of aromatic nitrogens is 1. The second kappa shape index (κ2) is 10.6. The fraction of sp³-hybridized carbons (Fsp3) is 0.185. The molecular weight excluding hydrogens is 484 g/mol. The van der Waals surface area contributed by atoms with E-state index in [1.807, 2.05) is 0 Å². The van der Waals surface area contributed by atoms with Crippen LogP contribution in [0.2, 0.25) is 5.02 Å². The Balaban J connectivity index is 1.75. The number of hydrogen-bond acceptors (Lipinski definition) is 7. The van der Waals surface area contributed by atoms with E-state index in [-0.39, 0.29) is 35.1 Å². The van der Waals surface area contributed by atoms with Gasteiger partial charge in [-0.05, 0) is 55.0 Å². The van der Waals surface area contributed by atoms with Crippen molar-refractivity contribution in [2.75, 3.05) is 13.7 Å². The number of halogens is 1. The number of esters is 1. The summed E-state index contributed by atoms with van der Waals surface area (Å²) in [7, 11) is 1.46. The van der Waals surface area contributed by atoms with Crippen molar-refractivity contribution in [3.63, 3.8) is 0 Å². The molecule has 0 radical (unpaired) electrons. The maximum atomic E-state index is 13.2. The number of carbonyl (C=O) groups excluding carboxylic acids is 3. The monoisotopic (exact) mass is 506 g/mol. The van der Waals surface area contributed by atoms with Crippen molar-refractivity contribution >= 4 is 35.0 Å². The highest BCUT2D eigenvalue weighted by Gasteiger charge is 2.46. The lowest BCUT2D eigenvalue weighted by atomic mass is 9.98. The maximum Gasteiger partial charge on any atom is 0.338 e. The van der Waals surface area contributed by atoms with Crippen LogP contribution < -0.4 is 4.74 Å². The molecule has 4 rings (SSSR count). The fourth-order valence-corrected chi connectivity index (χ4v) is 4.27. The van der Waals surface area contributed by atoms with Crippen LogP contribution in [0.3, 0.4) is 0 Å². The summed E-state index contributed by atoms with van der Waals surface area (Å²) in [5.41, 5.74) is 1.64. The number of hydrogen-bond donors (Lipinski definition) is 1. The number of rotatable bonds is 7. The molecule has 1 aromatic heterocycles. The van der Waals surface area contributed by atoms with Gasteiger partial charge in [0.15, 0.2) is 0 Å². The predicted octanol–water partition coefficient (Wildman–Crippen LogP) is 4.54. The molecule has 2 aromatic carbocycles. The third-order valence-corrected chi connectivity index (χ3v) is 6.05. The summed E-state index contributed by atoms with van der Waals surface area (Å²) in [6.45, 7) is 2.03. The number of nitrogens with zero attached hydrogens (tertiary/aromatic N) is 2. The highest BCUT2D eigenvalue weighted by Crippen LogP contribution is 2.40. The smallest absolute Gasteiger partial charge is 0.338 e. The number of pyridine rings is 1. The van der Waals surface area contributed by atoms with Gasteiger partial charge in [-0.3, -0.25) is 14.6 Å². The SMILES string of the molecule is CCOC(=O)c1ccc(CN2C(=O)C(=O)/C(=C(\O)c3ccc(OC)c(Cl)c3)C2c2ccccn2)cc1. The van der Waals surface area contributed by atoms with E-state index in [4.69, 9.17) is 21.1 Å². The number of ether oxygens (including phenoxy) is 2. The highest BCUT2D eigenvalue weighted by atomic mass is 35.5. The van der Waals surface area contributed by atoms with Crippen molar-refractivity contribution in [3.05, 3.63) is 99.8 Å². The first-order valence-electron chi connectivity index (χ1n) is 11.1. The summed E-state index contributed by atoms with van der Waals surface area (Å²) >= 11 is 6.22. The topological polar surface area (TPSA) is 106 Å². The number of Topliss-reactive ketones (excluding diaryl/α,β-unsaturated/α-hetero) is 1. The molecular formula is C27H23ClN2O6. The Hall–Kier alpha value is -4.17. The summed E-state index contributed by atoms with van der Waals surface area (Å²) in [5, 5.41) is 11.4. The number of likely N-dealkylation sites (tertiary alicyclic amines) is 1. The zero-order valence-corrected chi connectivity index (χ0v) is 20.4. The van der Waals surface area contributed by atoms with Gasteiger partial charge in [0.05, 0.1) is 35.6 Å². The Kier molecular flexibility index (Phi) is 7.36. The van der Waals surface area contributed by atoms with Crippen LogP contribution in [0.25, 0.3) is 5.76 Å². The zero-order valence-electron chi connectivity index (χ0n) is 19.6. The lowest BCUT2D eigenvalue weighted by Crippen LogP contribution is -2.29. The molecule has 1 aliphatic heterocycles. The van der Waals surface area contributed by atoms with E-state index in [0.29, 0.717) is 22.6 Å². The molecule has 8 nitrogen and oxygen atoms in total. The van der Waals surface area contributed by atoms with E-state index < -0.39 is 23.7 Å². The number of amides is 1. The molecule has 9 heteroatoms. The summed E-state index contributed by atoms with van der Waals surface area (Å²) in [6, 6.07) is 15.3. The van der Waals surface area contributed by atoms with Crippen LogP contribution in [0.4, 0.5) is 0 Å². The number of aliphatic hydroxyl groups excluding tert-OH is 1. The predicted molar refractivity (Wildman–Crippen MR) is 132 cm³/mol. The van der Waals surface area contributed by atoms with Crippen molar-refractivity contribution in [1.29, 1.82) is 0 Å². The van der Waals surface area contributed by atoms with Crippen molar-refractivity contribution < 1.29 is 29.0 Å². The minimum atomic E-state index is -0.934. The average Bonchev–Trinajstić information content (AvgIpc) is 3.14. The average molecular weight is 507 g/mol. The summed E-state index contributed by atoms with van der Waals surface area (Å²) < 4.78 is 10.2. The Morgan fingerprint density at radius 3 is 2.42 bits per heavy atom. The number of carbonyl (C=O) groups is 3. The Morgan fingerprint density at radius 1 is 1.08 bits per heavy atom. The van der Waals surface area contributed by atoms with Gasteiger partial charge in [0.2, 0.25) is 0 Å². The molecule has 0 saturated carbocycles. The molecule has 1 saturated heterocycles. The normalized spacial score (nSPS) is 16.8. The third kappa shape index (κ3) is 4.81.